The molecule has 0 heterocycles. The molecule has 0 saturated heterocycles. The van der Waals surface area contributed by atoms with Crippen LogP contribution in [0.25, 0.3) is 0 Å². The van der Waals surface area contributed by atoms with Crippen molar-refractivity contribution in [3.63, 3.8) is 0 Å². The van der Waals surface area contributed by atoms with Crippen molar-refractivity contribution in [2.24, 2.45) is 5.41 Å². The van der Waals surface area contributed by atoms with Gasteiger partial charge in [-0.3, -0.25) is 9.59 Å². The van der Waals surface area contributed by atoms with E-state index in [0.29, 0.717) is 6.42 Å². The number of carboxylic acid groups (broad SMARTS) is 1. The van der Waals surface area contributed by atoms with Crippen molar-refractivity contribution in [1.82, 2.24) is 5.32 Å². The molecule has 0 aromatic heterocycles. The molecule has 6 heteroatoms. The van der Waals surface area contributed by atoms with Crippen molar-refractivity contribution >= 4 is 11.9 Å². The lowest BCUT2D eigenvalue weighted by Gasteiger charge is -2.31. The van der Waals surface area contributed by atoms with Gasteiger partial charge in [-0.05, 0) is 11.8 Å². The number of carbonyl (C=O) groups excluding carboxylic acids is 1. The molecule has 0 radical (unpaired) electrons. The Hall–Kier alpha value is -1.14. The number of carbonyl (C=O) groups is 2. The Bertz CT molecular complexity index is 289. The highest BCUT2D eigenvalue weighted by Crippen LogP contribution is 2.25. The summed E-state index contributed by atoms with van der Waals surface area (Å²) in [5.41, 5.74) is -1.70. The summed E-state index contributed by atoms with van der Waals surface area (Å²) in [7, 11) is 0. The van der Waals surface area contributed by atoms with E-state index >= 15 is 0 Å². The minimum absolute atomic E-state index is 0.0288. The van der Waals surface area contributed by atoms with Gasteiger partial charge >= 0.3 is 5.97 Å². The first-order valence-corrected chi connectivity index (χ1v) is 5.95. The molecule has 0 saturated carbocycles. The van der Waals surface area contributed by atoms with Crippen LogP contribution in [0.15, 0.2) is 0 Å². The number of aliphatic hydroxyl groups is 2. The maximum Gasteiger partial charge on any atom is 0.303 e. The molecule has 0 unspecified atom stereocenters. The lowest BCUT2D eigenvalue weighted by Crippen LogP contribution is -2.54. The average Bonchev–Trinajstić information content (AvgIpc) is 2.23. The Morgan fingerprint density at radius 3 is 1.94 bits per heavy atom. The quantitative estimate of drug-likeness (QED) is 0.497. The Labute approximate surface area is 107 Å². The molecule has 1 amide bonds. The van der Waals surface area contributed by atoms with Gasteiger partial charge < -0.3 is 20.6 Å². The topological polar surface area (TPSA) is 107 Å². The van der Waals surface area contributed by atoms with Crippen LogP contribution in [0.2, 0.25) is 0 Å². The molecule has 0 aliphatic carbocycles. The highest BCUT2D eigenvalue weighted by atomic mass is 16.4. The van der Waals surface area contributed by atoms with E-state index in [0.717, 1.165) is 0 Å². The Morgan fingerprint density at radius 1 is 1.11 bits per heavy atom. The molecule has 0 fully saturated rings. The van der Waals surface area contributed by atoms with E-state index in [-0.39, 0.29) is 32.0 Å². The highest BCUT2D eigenvalue weighted by Gasteiger charge is 2.31. The lowest BCUT2D eigenvalue weighted by atomic mass is 9.85. The van der Waals surface area contributed by atoms with E-state index in [1.165, 1.54) is 0 Å². The third kappa shape index (κ3) is 5.46. The second-order valence-electron chi connectivity index (χ2n) is 5.41. The minimum Gasteiger partial charge on any atom is -0.481 e. The fourth-order valence-electron chi connectivity index (χ4n) is 1.69. The highest BCUT2D eigenvalue weighted by molar-refractivity contribution is 5.78. The Balaban J connectivity index is 4.54. The SMILES string of the molecule is CCC(CO)(CO)NC(=O)CC(C)(C)CC(=O)O. The molecule has 4 N–H and O–H groups in total. The van der Waals surface area contributed by atoms with Crippen molar-refractivity contribution in [3.05, 3.63) is 0 Å². The zero-order valence-electron chi connectivity index (χ0n) is 11.2. The van der Waals surface area contributed by atoms with E-state index in [2.05, 4.69) is 5.32 Å². The van der Waals surface area contributed by atoms with Gasteiger partial charge in [-0.25, -0.2) is 0 Å². The molecule has 106 valence electrons. The van der Waals surface area contributed by atoms with Gasteiger partial charge in [0.05, 0.1) is 25.2 Å². The number of hydrogen-bond donors (Lipinski definition) is 4. The predicted molar refractivity (Wildman–Crippen MR) is 66.0 cm³/mol. The van der Waals surface area contributed by atoms with E-state index in [9.17, 15) is 19.8 Å². The molecule has 0 bridgehead atoms. The standard InChI is InChI=1S/C12H23NO5/c1-4-12(7-14,8-15)13-9(16)5-11(2,3)6-10(17)18/h14-15H,4-8H2,1-3H3,(H,13,16)(H,17,18). The fraction of sp³-hybridized carbons (Fsp3) is 0.833. The fourth-order valence-corrected chi connectivity index (χ4v) is 1.69. The van der Waals surface area contributed by atoms with Crippen molar-refractivity contribution in [2.75, 3.05) is 13.2 Å². The first-order valence-electron chi connectivity index (χ1n) is 5.95. The molecule has 6 nitrogen and oxygen atoms in total. The third-order valence-corrected chi connectivity index (χ3v) is 2.96. The second kappa shape index (κ2) is 6.70. The molecule has 0 aliphatic heterocycles. The summed E-state index contributed by atoms with van der Waals surface area (Å²) in [5.74, 6) is -1.33. The van der Waals surface area contributed by atoms with Gasteiger partial charge in [0.2, 0.25) is 5.91 Å². The van der Waals surface area contributed by atoms with E-state index in [1.807, 2.05) is 0 Å². The molecule has 0 aromatic carbocycles. The van der Waals surface area contributed by atoms with Crippen LogP contribution in [0, 0.1) is 5.41 Å². The molecular weight excluding hydrogens is 238 g/mol. The number of aliphatic hydroxyl groups excluding tert-OH is 2. The zero-order chi connectivity index (χ0) is 14.4. The molecular formula is C12H23NO5. The number of carboxylic acids is 1. The van der Waals surface area contributed by atoms with Gasteiger partial charge in [0.15, 0.2) is 0 Å². The predicted octanol–water partition coefficient (Wildman–Crippen LogP) is 0.127. The molecule has 0 rings (SSSR count). The van der Waals surface area contributed by atoms with Crippen LogP contribution in [-0.4, -0.2) is 45.9 Å². The monoisotopic (exact) mass is 261 g/mol. The number of amides is 1. The van der Waals surface area contributed by atoms with Crippen LogP contribution in [0.1, 0.15) is 40.0 Å². The first kappa shape index (κ1) is 16.9. The molecule has 0 atom stereocenters. The summed E-state index contributed by atoms with van der Waals surface area (Å²) in [6.45, 7) is 4.41. The largest absolute Gasteiger partial charge is 0.481 e. The maximum absolute atomic E-state index is 11.8. The van der Waals surface area contributed by atoms with Crippen molar-refractivity contribution in [1.29, 1.82) is 0 Å². The zero-order valence-corrected chi connectivity index (χ0v) is 11.2. The summed E-state index contributed by atoms with van der Waals surface area (Å²) in [4.78, 5) is 22.4. The van der Waals surface area contributed by atoms with Crippen molar-refractivity contribution in [2.45, 2.75) is 45.6 Å². The Morgan fingerprint density at radius 2 is 1.61 bits per heavy atom. The molecule has 0 aliphatic rings. The van der Waals surface area contributed by atoms with Gasteiger partial charge in [0.1, 0.15) is 0 Å². The van der Waals surface area contributed by atoms with Gasteiger partial charge in [0, 0.05) is 6.42 Å². The minimum atomic E-state index is -1.03. The lowest BCUT2D eigenvalue weighted by molar-refractivity contribution is -0.139. The maximum atomic E-state index is 11.8. The number of aliphatic carboxylic acids is 1. The smallest absolute Gasteiger partial charge is 0.303 e. The van der Waals surface area contributed by atoms with E-state index in [4.69, 9.17) is 5.11 Å². The van der Waals surface area contributed by atoms with Crippen LogP contribution >= 0.6 is 0 Å². The number of rotatable bonds is 8. The van der Waals surface area contributed by atoms with Crippen LogP contribution < -0.4 is 5.32 Å². The molecule has 0 aromatic rings. The normalized spacial score (nSPS) is 12.3. The molecule has 0 spiro atoms. The summed E-state index contributed by atoms with van der Waals surface area (Å²) in [6, 6.07) is 0. The van der Waals surface area contributed by atoms with Gasteiger partial charge in [-0.1, -0.05) is 20.8 Å². The van der Waals surface area contributed by atoms with Crippen molar-refractivity contribution < 1.29 is 24.9 Å². The first-order chi connectivity index (χ1) is 8.20. The van der Waals surface area contributed by atoms with Crippen LogP contribution in [0.4, 0.5) is 0 Å². The Kier molecular flexibility index (Phi) is 6.28. The van der Waals surface area contributed by atoms with Crippen LogP contribution in [0.5, 0.6) is 0 Å². The number of nitrogens with one attached hydrogen (secondary N) is 1. The van der Waals surface area contributed by atoms with Gasteiger partial charge in [-0.2, -0.15) is 0 Å². The third-order valence-electron chi connectivity index (χ3n) is 2.96. The van der Waals surface area contributed by atoms with Crippen molar-refractivity contribution in [3.8, 4) is 0 Å². The summed E-state index contributed by atoms with van der Waals surface area (Å²) in [5, 5.41) is 29.7. The molecule has 18 heavy (non-hydrogen) atoms. The van der Waals surface area contributed by atoms with Gasteiger partial charge in [-0.15, -0.1) is 0 Å². The van der Waals surface area contributed by atoms with Gasteiger partial charge in [0.25, 0.3) is 0 Å². The summed E-state index contributed by atoms with van der Waals surface area (Å²) >= 11 is 0. The average molecular weight is 261 g/mol. The van der Waals surface area contributed by atoms with E-state index in [1.54, 1.807) is 20.8 Å². The summed E-state index contributed by atoms with van der Waals surface area (Å²) in [6.07, 6.45) is 0.309. The van der Waals surface area contributed by atoms with E-state index < -0.39 is 16.9 Å². The van der Waals surface area contributed by atoms with Crippen LogP contribution in [-0.2, 0) is 9.59 Å². The van der Waals surface area contributed by atoms with Crippen LogP contribution in [0.3, 0.4) is 0 Å². The number of hydrogen-bond acceptors (Lipinski definition) is 4. The summed E-state index contributed by atoms with van der Waals surface area (Å²) < 4.78 is 0. The second-order valence-corrected chi connectivity index (χ2v) is 5.41.